The first kappa shape index (κ1) is 19.8. The molecule has 3 aromatic rings. The zero-order valence-corrected chi connectivity index (χ0v) is 16.1. The molecule has 1 amide bonds. The third kappa shape index (κ3) is 4.31. The van der Waals surface area contributed by atoms with Crippen molar-refractivity contribution in [3.63, 3.8) is 0 Å². The number of ether oxygens (including phenoxy) is 1. The standard InChI is InChI=1S/C21H20FNO4S/c1-15(28(25,26)18-11-9-17(22)10-12-18)21(24)23-13-14-27-20-8-4-6-16-5-2-3-7-19(16)20/h2-12,15H,13-14H2,1H3,(H,23,24). The number of benzene rings is 3. The van der Waals surface area contributed by atoms with Crippen molar-refractivity contribution in [2.45, 2.75) is 17.1 Å². The summed E-state index contributed by atoms with van der Waals surface area (Å²) in [7, 11) is -3.89. The number of sulfone groups is 1. The Morgan fingerprint density at radius 1 is 1.04 bits per heavy atom. The molecule has 0 radical (unpaired) electrons. The average Bonchev–Trinajstić information content (AvgIpc) is 2.70. The van der Waals surface area contributed by atoms with Crippen molar-refractivity contribution in [1.29, 1.82) is 0 Å². The van der Waals surface area contributed by atoms with E-state index in [1.54, 1.807) is 0 Å². The van der Waals surface area contributed by atoms with Crippen molar-refractivity contribution in [2.24, 2.45) is 0 Å². The minimum absolute atomic E-state index is 0.0939. The number of hydrogen-bond donors (Lipinski definition) is 1. The molecular weight excluding hydrogens is 381 g/mol. The van der Waals surface area contributed by atoms with Crippen LogP contribution < -0.4 is 10.1 Å². The van der Waals surface area contributed by atoms with E-state index in [0.717, 1.165) is 35.0 Å². The molecule has 0 fully saturated rings. The van der Waals surface area contributed by atoms with Crippen LogP contribution in [0.2, 0.25) is 0 Å². The molecule has 0 bridgehead atoms. The minimum atomic E-state index is -3.89. The Balaban J connectivity index is 1.57. The van der Waals surface area contributed by atoms with Crippen LogP contribution >= 0.6 is 0 Å². The van der Waals surface area contributed by atoms with Gasteiger partial charge in [-0.15, -0.1) is 0 Å². The molecule has 1 atom stereocenters. The van der Waals surface area contributed by atoms with Crippen LogP contribution in [0.4, 0.5) is 4.39 Å². The monoisotopic (exact) mass is 401 g/mol. The van der Waals surface area contributed by atoms with E-state index in [-0.39, 0.29) is 18.0 Å². The van der Waals surface area contributed by atoms with Gasteiger partial charge in [0.15, 0.2) is 9.84 Å². The molecule has 7 heteroatoms. The van der Waals surface area contributed by atoms with Gasteiger partial charge in [0.05, 0.1) is 11.4 Å². The van der Waals surface area contributed by atoms with Gasteiger partial charge in [-0.2, -0.15) is 0 Å². The Kier molecular flexibility index (Phi) is 5.94. The molecular formula is C21H20FNO4S. The van der Waals surface area contributed by atoms with Crippen molar-refractivity contribution < 1.29 is 22.3 Å². The van der Waals surface area contributed by atoms with Gasteiger partial charge < -0.3 is 10.1 Å². The summed E-state index contributed by atoms with van der Waals surface area (Å²) in [6.07, 6.45) is 0. The van der Waals surface area contributed by atoms with Crippen LogP contribution in [0.15, 0.2) is 71.6 Å². The van der Waals surface area contributed by atoms with E-state index in [9.17, 15) is 17.6 Å². The number of amides is 1. The maximum Gasteiger partial charge on any atom is 0.238 e. The van der Waals surface area contributed by atoms with E-state index in [4.69, 9.17) is 4.74 Å². The molecule has 0 saturated carbocycles. The Labute approximate surface area is 163 Å². The van der Waals surface area contributed by atoms with Gasteiger partial charge in [0.25, 0.3) is 0 Å². The number of fused-ring (bicyclic) bond motifs is 1. The lowest BCUT2D eigenvalue weighted by molar-refractivity contribution is -0.120. The number of carbonyl (C=O) groups excluding carboxylic acids is 1. The topological polar surface area (TPSA) is 72.5 Å². The average molecular weight is 401 g/mol. The fraction of sp³-hybridized carbons (Fsp3) is 0.190. The highest BCUT2D eigenvalue weighted by Gasteiger charge is 2.29. The van der Waals surface area contributed by atoms with Crippen LogP contribution in [0.1, 0.15) is 6.92 Å². The third-order valence-electron chi connectivity index (χ3n) is 4.39. The molecule has 5 nitrogen and oxygen atoms in total. The molecule has 0 aliphatic rings. The van der Waals surface area contributed by atoms with Gasteiger partial charge in [-0.25, -0.2) is 12.8 Å². The summed E-state index contributed by atoms with van der Waals surface area (Å²) >= 11 is 0. The van der Waals surface area contributed by atoms with E-state index in [2.05, 4.69) is 5.32 Å². The number of halogens is 1. The lowest BCUT2D eigenvalue weighted by atomic mass is 10.1. The van der Waals surface area contributed by atoms with Crippen molar-refractivity contribution in [3.8, 4) is 5.75 Å². The fourth-order valence-electron chi connectivity index (χ4n) is 2.77. The zero-order chi connectivity index (χ0) is 20.1. The number of rotatable bonds is 7. The molecule has 3 rings (SSSR count). The SMILES string of the molecule is CC(C(=O)NCCOc1cccc2ccccc12)S(=O)(=O)c1ccc(F)cc1. The van der Waals surface area contributed by atoms with E-state index in [1.807, 2.05) is 42.5 Å². The first-order valence-corrected chi connectivity index (χ1v) is 10.3. The molecule has 0 aliphatic carbocycles. The second kappa shape index (κ2) is 8.39. The van der Waals surface area contributed by atoms with Gasteiger partial charge in [0, 0.05) is 5.39 Å². The number of carbonyl (C=O) groups is 1. The molecule has 1 N–H and O–H groups in total. The Bertz CT molecular complexity index is 1080. The number of nitrogens with one attached hydrogen (secondary N) is 1. The molecule has 28 heavy (non-hydrogen) atoms. The molecule has 146 valence electrons. The number of hydrogen-bond acceptors (Lipinski definition) is 4. The van der Waals surface area contributed by atoms with Crippen LogP contribution in [0.3, 0.4) is 0 Å². The first-order chi connectivity index (χ1) is 13.4. The highest BCUT2D eigenvalue weighted by atomic mass is 32.2. The van der Waals surface area contributed by atoms with Gasteiger partial charge in [0.2, 0.25) is 5.91 Å². The molecule has 3 aromatic carbocycles. The van der Waals surface area contributed by atoms with Gasteiger partial charge in [-0.05, 0) is 42.6 Å². The van der Waals surface area contributed by atoms with Crippen molar-refractivity contribution >= 4 is 26.5 Å². The lowest BCUT2D eigenvalue weighted by Crippen LogP contribution is -2.39. The van der Waals surface area contributed by atoms with E-state index >= 15 is 0 Å². The molecule has 0 spiro atoms. The summed E-state index contributed by atoms with van der Waals surface area (Å²) in [6.45, 7) is 1.66. The normalized spacial score (nSPS) is 12.5. The Morgan fingerprint density at radius 2 is 1.71 bits per heavy atom. The van der Waals surface area contributed by atoms with Gasteiger partial charge in [-0.3, -0.25) is 4.79 Å². The molecule has 0 heterocycles. The van der Waals surface area contributed by atoms with Gasteiger partial charge in [0.1, 0.15) is 23.4 Å². The molecule has 0 aromatic heterocycles. The Hall–Kier alpha value is -2.93. The van der Waals surface area contributed by atoms with Crippen LogP contribution in [-0.2, 0) is 14.6 Å². The van der Waals surface area contributed by atoms with Crippen LogP contribution in [0.5, 0.6) is 5.75 Å². The maximum absolute atomic E-state index is 13.0. The second-order valence-electron chi connectivity index (χ2n) is 6.26. The first-order valence-electron chi connectivity index (χ1n) is 8.77. The van der Waals surface area contributed by atoms with Gasteiger partial charge >= 0.3 is 0 Å². The molecule has 1 unspecified atom stereocenters. The van der Waals surface area contributed by atoms with Crippen LogP contribution in [0, 0.1) is 5.82 Å². The maximum atomic E-state index is 13.0. The quantitative estimate of drug-likeness (QED) is 0.487. The third-order valence-corrected chi connectivity index (χ3v) is 6.46. The van der Waals surface area contributed by atoms with Crippen molar-refractivity contribution in [2.75, 3.05) is 13.2 Å². The summed E-state index contributed by atoms with van der Waals surface area (Å²) in [4.78, 5) is 12.1. The predicted octanol–water partition coefficient (Wildman–Crippen LogP) is 3.34. The van der Waals surface area contributed by atoms with Crippen LogP contribution in [0.25, 0.3) is 10.8 Å². The molecule has 0 saturated heterocycles. The second-order valence-corrected chi connectivity index (χ2v) is 8.53. The largest absolute Gasteiger partial charge is 0.491 e. The smallest absolute Gasteiger partial charge is 0.238 e. The minimum Gasteiger partial charge on any atom is -0.491 e. The van der Waals surface area contributed by atoms with Crippen molar-refractivity contribution in [3.05, 3.63) is 72.5 Å². The highest BCUT2D eigenvalue weighted by molar-refractivity contribution is 7.92. The highest BCUT2D eigenvalue weighted by Crippen LogP contribution is 2.24. The summed E-state index contributed by atoms with van der Waals surface area (Å²) in [6, 6.07) is 17.9. The Morgan fingerprint density at radius 3 is 2.46 bits per heavy atom. The summed E-state index contributed by atoms with van der Waals surface area (Å²) in [5.41, 5.74) is 0. The van der Waals surface area contributed by atoms with E-state index in [0.29, 0.717) is 5.75 Å². The van der Waals surface area contributed by atoms with E-state index in [1.165, 1.54) is 6.92 Å². The predicted molar refractivity (Wildman–Crippen MR) is 106 cm³/mol. The van der Waals surface area contributed by atoms with E-state index < -0.39 is 26.8 Å². The lowest BCUT2D eigenvalue weighted by Gasteiger charge is -2.14. The zero-order valence-electron chi connectivity index (χ0n) is 15.3. The summed E-state index contributed by atoms with van der Waals surface area (Å²) in [5.74, 6) is -0.480. The fourth-order valence-corrected chi connectivity index (χ4v) is 4.06. The van der Waals surface area contributed by atoms with Crippen LogP contribution in [-0.4, -0.2) is 32.7 Å². The van der Waals surface area contributed by atoms with Gasteiger partial charge in [-0.1, -0.05) is 36.4 Å². The van der Waals surface area contributed by atoms with Crippen molar-refractivity contribution in [1.82, 2.24) is 5.32 Å². The molecule has 0 aliphatic heterocycles. The summed E-state index contributed by atoms with van der Waals surface area (Å²) < 4.78 is 43.7. The summed E-state index contributed by atoms with van der Waals surface area (Å²) in [5, 5.41) is 3.28.